The van der Waals surface area contributed by atoms with E-state index in [4.69, 9.17) is 21.1 Å². The summed E-state index contributed by atoms with van der Waals surface area (Å²) in [5.41, 5.74) is 0. The lowest BCUT2D eigenvalue weighted by molar-refractivity contribution is -0.150. The van der Waals surface area contributed by atoms with Crippen molar-refractivity contribution in [2.75, 3.05) is 0 Å². The number of rotatable bonds is 7. The zero-order valence-electron chi connectivity index (χ0n) is 11.6. The molecule has 0 fully saturated rings. The first-order valence-corrected chi connectivity index (χ1v) is 6.77. The number of hydrogen-bond acceptors (Lipinski definition) is 4. The zero-order valence-corrected chi connectivity index (χ0v) is 12.4. The Morgan fingerprint density at radius 3 is 2.67 bits per heavy atom. The first-order valence-electron chi connectivity index (χ1n) is 6.39. The molecule has 0 amide bonds. The Morgan fingerprint density at radius 1 is 1.38 bits per heavy atom. The van der Waals surface area contributed by atoms with Gasteiger partial charge in [-0.3, -0.25) is 9.59 Å². The van der Waals surface area contributed by atoms with Crippen molar-refractivity contribution >= 4 is 23.5 Å². The van der Waals surface area contributed by atoms with Crippen LogP contribution in [-0.2, 0) is 14.3 Å². The van der Waals surface area contributed by atoms with Gasteiger partial charge in [0, 0.05) is 6.42 Å². The molecular formula is C15H16ClFO4. The third-order valence-electron chi connectivity index (χ3n) is 2.50. The average Bonchev–Trinajstić information content (AvgIpc) is 2.41. The van der Waals surface area contributed by atoms with E-state index in [9.17, 15) is 14.0 Å². The van der Waals surface area contributed by atoms with Gasteiger partial charge in [0.15, 0.2) is 11.6 Å². The molecule has 1 atom stereocenters. The van der Waals surface area contributed by atoms with Crippen molar-refractivity contribution in [3.05, 3.63) is 41.7 Å². The maximum atomic E-state index is 13.4. The third kappa shape index (κ3) is 5.95. The second-order valence-corrected chi connectivity index (χ2v) is 4.76. The SMILES string of the molecule is C=CCC(C)OC(=O)CCC(=O)Oc1c(F)cccc1Cl. The minimum absolute atomic E-state index is 0.00877. The molecule has 1 rings (SSSR count). The molecule has 1 aromatic carbocycles. The van der Waals surface area contributed by atoms with Gasteiger partial charge in [-0.25, -0.2) is 4.39 Å². The van der Waals surface area contributed by atoms with Crippen molar-refractivity contribution in [3.8, 4) is 5.75 Å². The topological polar surface area (TPSA) is 52.6 Å². The molecule has 4 nitrogen and oxygen atoms in total. The van der Waals surface area contributed by atoms with E-state index in [-0.39, 0.29) is 29.7 Å². The summed E-state index contributed by atoms with van der Waals surface area (Å²) in [5.74, 6) is -2.35. The van der Waals surface area contributed by atoms with Crippen LogP contribution in [0.4, 0.5) is 4.39 Å². The van der Waals surface area contributed by atoms with Gasteiger partial charge in [-0.1, -0.05) is 23.7 Å². The van der Waals surface area contributed by atoms with Crippen LogP contribution in [0.3, 0.4) is 0 Å². The first kappa shape index (κ1) is 17.2. The lowest BCUT2D eigenvalue weighted by Crippen LogP contribution is -2.17. The van der Waals surface area contributed by atoms with Gasteiger partial charge in [-0.2, -0.15) is 0 Å². The fourth-order valence-corrected chi connectivity index (χ4v) is 1.72. The Morgan fingerprint density at radius 2 is 2.05 bits per heavy atom. The van der Waals surface area contributed by atoms with Gasteiger partial charge >= 0.3 is 11.9 Å². The summed E-state index contributed by atoms with van der Waals surface area (Å²) in [6.45, 7) is 5.25. The predicted octanol–water partition coefficient (Wildman–Crippen LogP) is 3.67. The molecule has 0 bridgehead atoms. The van der Waals surface area contributed by atoms with Crippen LogP contribution in [0.1, 0.15) is 26.2 Å². The normalized spacial score (nSPS) is 11.6. The van der Waals surface area contributed by atoms with Crippen molar-refractivity contribution in [3.63, 3.8) is 0 Å². The smallest absolute Gasteiger partial charge is 0.311 e. The second-order valence-electron chi connectivity index (χ2n) is 4.35. The monoisotopic (exact) mass is 314 g/mol. The van der Waals surface area contributed by atoms with E-state index in [0.29, 0.717) is 6.42 Å². The van der Waals surface area contributed by atoms with E-state index in [1.54, 1.807) is 13.0 Å². The van der Waals surface area contributed by atoms with Gasteiger partial charge in [-0.05, 0) is 19.1 Å². The number of ether oxygens (including phenoxy) is 2. The van der Waals surface area contributed by atoms with Gasteiger partial charge in [0.1, 0.15) is 6.10 Å². The maximum Gasteiger partial charge on any atom is 0.311 e. The zero-order chi connectivity index (χ0) is 15.8. The fraction of sp³-hybridized carbons (Fsp3) is 0.333. The molecule has 21 heavy (non-hydrogen) atoms. The number of carbonyl (C=O) groups excluding carboxylic acids is 2. The second kappa shape index (κ2) is 8.42. The van der Waals surface area contributed by atoms with Crippen molar-refractivity contribution in [2.45, 2.75) is 32.3 Å². The third-order valence-corrected chi connectivity index (χ3v) is 2.80. The molecule has 0 radical (unpaired) electrons. The van der Waals surface area contributed by atoms with E-state index in [1.165, 1.54) is 12.1 Å². The molecule has 0 aliphatic heterocycles. The van der Waals surface area contributed by atoms with E-state index in [1.807, 2.05) is 0 Å². The molecule has 0 N–H and O–H groups in total. The molecule has 0 heterocycles. The summed E-state index contributed by atoms with van der Waals surface area (Å²) in [5, 5.41) is -0.00877. The number of para-hydroxylation sites is 1. The highest BCUT2D eigenvalue weighted by Crippen LogP contribution is 2.27. The van der Waals surface area contributed by atoms with Gasteiger partial charge in [0.25, 0.3) is 0 Å². The molecule has 0 saturated carbocycles. The van der Waals surface area contributed by atoms with Gasteiger partial charge in [0.05, 0.1) is 17.9 Å². The summed E-state index contributed by atoms with van der Waals surface area (Å²) in [7, 11) is 0. The van der Waals surface area contributed by atoms with Crippen LogP contribution in [0.25, 0.3) is 0 Å². The highest BCUT2D eigenvalue weighted by atomic mass is 35.5. The quantitative estimate of drug-likeness (QED) is 0.438. The highest BCUT2D eigenvalue weighted by molar-refractivity contribution is 6.32. The van der Waals surface area contributed by atoms with Gasteiger partial charge in [0.2, 0.25) is 0 Å². The molecular weight excluding hydrogens is 299 g/mol. The van der Waals surface area contributed by atoms with Gasteiger partial charge in [-0.15, -0.1) is 6.58 Å². The van der Waals surface area contributed by atoms with Crippen molar-refractivity contribution in [2.24, 2.45) is 0 Å². The summed E-state index contributed by atoms with van der Waals surface area (Å²) < 4.78 is 23.2. The molecule has 0 aliphatic carbocycles. The van der Waals surface area contributed by atoms with Crippen molar-refractivity contribution in [1.29, 1.82) is 0 Å². The van der Waals surface area contributed by atoms with Crippen LogP contribution >= 0.6 is 11.6 Å². The largest absolute Gasteiger partial charge is 0.462 e. The predicted molar refractivity (Wildman–Crippen MR) is 76.6 cm³/mol. The molecule has 1 unspecified atom stereocenters. The van der Waals surface area contributed by atoms with E-state index in [0.717, 1.165) is 6.07 Å². The molecule has 0 spiro atoms. The summed E-state index contributed by atoms with van der Waals surface area (Å²) >= 11 is 5.72. The molecule has 114 valence electrons. The summed E-state index contributed by atoms with van der Waals surface area (Å²) in [6.07, 6.45) is 1.50. The van der Waals surface area contributed by atoms with Crippen LogP contribution in [0.2, 0.25) is 5.02 Å². The molecule has 0 saturated heterocycles. The van der Waals surface area contributed by atoms with Crippen LogP contribution in [0.15, 0.2) is 30.9 Å². The van der Waals surface area contributed by atoms with E-state index in [2.05, 4.69) is 6.58 Å². The van der Waals surface area contributed by atoms with Crippen LogP contribution < -0.4 is 4.74 Å². The first-order chi connectivity index (χ1) is 9.93. The highest BCUT2D eigenvalue weighted by Gasteiger charge is 2.16. The molecule has 0 aliphatic rings. The Balaban J connectivity index is 2.44. The van der Waals surface area contributed by atoms with Crippen LogP contribution in [0, 0.1) is 5.82 Å². The average molecular weight is 315 g/mol. The summed E-state index contributed by atoms with van der Waals surface area (Å²) in [6, 6.07) is 3.92. The number of esters is 2. The van der Waals surface area contributed by atoms with Crippen LogP contribution in [-0.4, -0.2) is 18.0 Å². The Hall–Kier alpha value is -1.88. The molecule has 1 aromatic rings. The minimum Gasteiger partial charge on any atom is -0.462 e. The van der Waals surface area contributed by atoms with Crippen molar-refractivity contribution < 1.29 is 23.5 Å². The number of carbonyl (C=O) groups is 2. The Labute approximate surface area is 127 Å². The Bertz CT molecular complexity index is 510. The fourth-order valence-electron chi connectivity index (χ4n) is 1.52. The van der Waals surface area contributed by atoms with Gasteiger partial charge < -0.3 is 9.47 Å². The van der Waals surface area contributed by atoms with E-state index < -0.39 is 17.8 Å². The lowest BCUT2D eigenvalue weighted by Gasteiger charge is -2.11. The van der Waals surface area contributed by atoms with E-state index >= 15 is 0 Å². The minimum atomic E-state index is -0.754. The molecule has 6 heteroatoms. The van der Waals surface area contributed by atoms with Crippen LogP contribution in [0.5, 0.6) is 5.75 Å². The number of halogens is 2. The summed E-state index contributed by atoms with van der Waals surface area (Å²) in [4.78, 5) is 23.0. The Kier molecular flexibility index (Phi) is 6.88. The number of benzene rings is 1. The lowest BCUT2D eigenvalue weighted by atomic mass is 10.2. The molecule has 0 aromatic heterocycles. The number of hydrogen-bond donors (Lipinski definition) is 0. The standard InChI is InChI=1S/C15H16ClFO4/c1-3-5-10(2)20-13(18)8-9-14(19)21-15-11(16)6-4-7-12(15)17/h3-4,6-7,10H,1,5,8-9H2,2H3. The maximum absolute atomic E-state index is 13.4. The van der Waals surface area contributed by atoms with Crippen molar-refractivity contribution in [1.82, 2.24) is 0 Å².